The van der Waals surface area contributed by atoms with Gasteiger partial charge in [0.05, 0.1) is 16.6 Å². The molecule has 0 atom stereocenters. The number of nitro groups is 1. The van der Waals surface area contributed by atoms with Gasteiger partial charge in [-0.1, -0.05) is 31.9 Å². The van der Waals surface area contributed by atoms with Crippen LogP contribution in [0.5, 0.6) is 11.5 Å². The Morgan fingerprint density at radius 2 is 1.90 bits per heavy atom. The van der Waals surface area contributed by atoms with Crippen LogP contribution in [0, 0.1) is 15.5 Å². The lowest BCUT2D eigenvalue weighted by Gasteiger charge is -2.11. The molecule has 0 aliphatic rings. The quantitative estimate of drug-likeness (QED) is 0.338. The summed E-state index contributed by atoms with van der Waals surface area (Å²) in [5.41, 5.74) is 5.81. The van der Waals surface area contributed by atoms with Gasteiger partial charge in [0.15, 0.2) is 0 Å². The number of nitrogens with one attached hydrogen (secondary N) is 1. The Hall–Kier alpha value is -1.93. The first kappa shape index (κ1) is 15.5. The van der Waals surface area contributed by atoms with Crippen LogP contribution in [0.1, 0.15) is 5.56 Å². The maximum absolute atomic E-state index is 10.8. The molecular weight excluding hydrogens is 406 g/mol. The van der Waals surface area contributed by atoms with E-state index in [2.05, 4.69) is 31.9 Å². The Bertz CT molecular complexity index is 735. The van der Waals surface area contributed by atoms with Crippen molar-refractivity contribution < 1.29 is 9.66 Å². The van der Waals surface area contributed by atoms with Gasteiger partial charge in [-0.3, -0.25) is 15.5 Å². The summed E-state index contributed by atoms with van der Waals surface area (Å²) in [7, 11) is 0. The highest BCUT2D eigenvalue weighted by atomic mass is 79.9. The van der Waals surface area contributed by atoms with Crippen LogP contribution < -0.4 is 10.5 Å². The number of rotatable bonds is 4. The molecule has 0 spiro atoms. The summed E-state index contributed by atoms with van der Waals surface area (Å²) in [5.74, 6) is 0.467. The standard InChI is InChI=1S/C13H9Br2N3O3/c14-7-1-2-12(11(5-7)13(16)17)21-10-4-8(15)3-9(6-10)18(19)20/h1-6H,(H3,16,17). The van der Waals surface area contributed by atoms with Crippen LogP contribution in [0.15, 0.2) is 45.3 Å². The predicted octanol–water partition coefficient (Wildman–Crippen LogP) is 4.20. The maximum atomic E-state index is 10.8. The number of halogens is 2. The summed E-state index contributed by atoms with van der Waals surface area (Å²) in [6, 6.07) is 9.28. The Kier molecular flexibility index (Phi) is 4.59. The number of non-ortho nitro benzene ring substituents is 1. The Morgan fingerprint density at radius 1 is 1.19 bits per heavy atom. The van der Waals surface area contributed by atoms with E-state index in [1.54, 1.807) is 24.3 Å². The van der Waals surface area contributed by atoms with Crippen LogP contribution in [-0.4, -0.2) is 10.8 Å². The largest absolute Gasteiger partial charge is 0.456 e. The summed E-state index contributed by atoms with van der Waals surface area (Å²) < 4.78 is 6.89. The zero-order valence-corrected chi connectivity index (χ0v) is 13.6. The van der Waals surface area contributed by atoms with Gasteiger partial charge in [0.2, 0.25) is 0 Å². The third kappa shape index (κ3) is 3.79. The molecule has 0 bridgehead atoms. The summed E-state index contributed by atoms with van der Waals surface area (Å²) in [4.78, 5) is 10.3. The van der Waals surface area contributed by atoms with Gasteiger partial charge in [-0.05, 0) is 24.3 Å². The number of benzene rings is 2. The molecule has 108 valence electrons. The minimum atomic E-state index is -0.509. The lowest BCUT2D eigenvalue weighted by molar-refractivity contribution is -0.385. The fraction of sp³-hybridized carbons (Fsp3) is 0. The van der Waals surface area contributed by atoms with Crippen molar-refractivity contribution in [1.29, 1.82) is 5.41 Å². The highest BCUT2D eigenvalue weighted by Gasteiger charge is 2.13. The average molecular weight is 415 g/mol. The molecule has 3 N–H and O–H groups in total. The minimum absolute atomic E-state index is 0.0964. The van der Waals surface area contributed by atoms with Crippen LogP contribution in [-0.2, 0) is 0 Å². The van der Waals surface area contributed by atoms with Gasteiger partial charge >= 0.3 is 0 Å². The number of hydrogen-bond donors (Lipinski definition) is 2. The van der Waals surface area contributed by atoms with Crippen LogP contribution in [0.4, 0.5) is 5.69 Å². The molecule has 0 fully saturated rings. The van der Waals surface area contributed by atoms with Crippen molar-refractivity contribution >= 4 is 43.4 Å². The Balaban J connectivity index is 2.43. The first-order chi connectivity index (χ1) is 9.86. The van der Waals surface area contributed by atoms with Gasteiger partial charge in [0.1, 0.15) is 17.3 Å². The van der Waals surface area contributed by atoms with E-state index >= 15 is 0 Å². The van der Waals surface area contributed by atoms with E-state index < -0.39 is 4.92 Å². The number of amidine groups is 1. The number of ether oxygens (including phenoxy) is 1. The topological polar surface area (TPSA) is 102 Å². The van der Waals surface area contributed by atoms with E-state index in [0.29, 0.717) is 15.8 Å². The van der Waals surface area contributed by atoms with E-state index in [1.165, 1.54) is 12.1 Å². The van der Waals surface area contributed by atoms with Gasteiger partial charge in [0, 0.05) is 15.0 Å². The van der Waals surface area contributed by atoms with E-state index in [4.69, 9.17) is 15.9 Å². The van der Waals surface area contributed by atoms with E-state index in [0.717, 1.165) is 4.47 Å². The zero-order valence-electron chi connectivity index (χ0n) is 10.5. The molecule has 0 radical (unpaired) electrons. The maximum Gasteiger partial charge on any atom is 0.274 e. The number of nitrogens with two attached hydrogens (primary N) is 1. The van der Waals surface area contributed by atoms with Gasteiger partial charge in [0.25, 0.3) is 5.69 Å². The molecule has 2 rings (SSSR count). The first-order valence-electron chi connectivity index (χ1n) is 5.63. The van der Waals surface area contributed by atoms with Gasteiger partial charge in [-0.2, -0.15) is 0 Å². The summed E-state index contributed by atoms with van der Waals surface area (Å²) in [5, 5.41) is 18.4. The van der Waals surface area contributed by atoms with Crippen molar-refractivity contribution in [3.63, 3.8) is 0 Å². The third-order valence-corrected chi connectivity index (χ3v) is 3.48. The molecule has 21 heavy (non-hydrogen) atoms. The van der Waals surface area contributed by atoms with Gasteiger partial charge in [-0.15, -0.1) is 0 Å². The average Bonchev–Trinajstić information content (AvgIpc) is 2.40. The third-order valence-electron chi connectivity index (χ3n) is 2.53. The lowest BCUT2D eigenvalue weighted by Crippen LogP contribution is -2.12. The minimum Gasteiger partial charge on any atom is -0.456 e. The summed E-state index contributed by atoms with van der Waals surface area (Å²) in [6.45, 7) is 0. The van der Waals surface area contributed by atoms with Gasteiger partial charge in [-0.25, -0.2) is 0 Å². The second kappa shape index (κ2) is 6.23. The molecule has 0 aromatic heterocycles. The molecule has 0 unspecified atom stereocenters. The van der Waals surface area contributed by atoms with Gasteiger partial charge < -0.3 is 10.5 Å². The van der Waals surface area contributed by atoms with Crippen LogP contribution in [0.3, 0.4) is 0 Å². The van der Waals surface area contributed by atoms with Crippen LogP contribution >= 0.6 is 31.9 Å². The zero-order chi connectivity index (χ0) is 15.6. The number of nitrogens with zero attached hydrogens (tertiary/aromatic N) is 1. The molecule has 6 nitrogen and oxygen atoms in total. The highest BCUT2D eigenvalue weighted by Crippen LogP contribution is 2.32. The van der Waals surface area contributed by atoms with Crippen molar-refractivity contribution in [3.8, 4) is 11.5 Å². The monoisotopic (exact) mass is 413 g/mol. The Morgan fingerprint density at radius 3 is 2.52 bits per heavy atom. The van der Waals surface area contributed by atoms with E-state index in [-0.39, 0.29) is 17.3 Å². The first-order valence-corrected chi connectivity index (χ1v) is 7.22. The molecule has 0 amide bonds. The molecular formula is C13H9Br2N3O3. The molecule has 0 aliphatic carbocycles. The van der Waals surface area contributed by atoms with Crippen molar-refractivity contribution in [1.82, 2.24) is 0 Å². The lowest BCUT2D eigenvalue weighted by atomic mass is 10.2. The van der Waals surface area contributed by atoms with Crippen molar-refractivity contribution in [2.45, 2.75) is 0 Å². The molecule has 2 aromatic carbocycles. The number of nitrogen functional groups attached to an aromatic ring is 1. The van der Waals surface area contributed by atoms with E-state index in [9.17, 15) is 10.1 Å². The molecule has 2 aromatic rings. The number of nitro benzene ring substituents is 1. The van der Waals surface area contributed by atoms with E-state index in [1.807, 2.05) is 0 Å². The number of hydrogen-bond acceptors (Lipinski definition) is 4. The summed E-state index contributed by atoms with van der Waals surface area (Å²) >= 11 is 6.48. The fourth-order valence-electron chi connectivity index (χ4n) is 1.64. The predicted molar refractivity (Wildman–Crippen MR) is 86.0 cm³/mol. The summed E-state index contributed by atoms with van der Waals surface area (Å²) in [6.07, 6.45) is 0. The normalized spacial score (nSPS) is 10.2. The molecule has 0 aliphatic heterocycles. The molecule has 0 saturated carbocycles. The molecule has 0 saturated heterocycles. The van der Waals surface area contributed by atoms with Crippen molar-refractivity contribution in [2.24, 2.45) is 5.73 Å². The molecule has 0 heterocycles. The molecule has 8 heteroatoms. The second-order valence-corrected chi connectivity index (χ2v) is 5.89. The Labute approximate surface area is 136 Å². The second-order valence-electron chi connectivity index (χ2n) is 4.06. The van der Waals surface area contributed by atoms with Crippen LogP contribution in [0.25, 0.3) is 0 Å². The highest BCUT2D eigenvalue weighted by molar-refractivity contribution is 9.10. The van der Waals surface area contributed by atoms with Crippen molar-refractivity contribution in [2.75, 3.05) is 0 Å². The fourth-order valence-corrected chi connectivity index (χ4v) is 2.46. The smallest absolute Gasteiger partial charge is 0.274 e. The SMILES string of the molecule is N=C(N)c1cc(Br)ccc1Oc1cc(Br)cc([N+](=O)[O-])c1. The van der Waals surface area contributed by atoms with Crippen molar-refractivity contribution in [3.05, 3.63) is 61.0 Å². The van der Waals surface area contributed by atoms with Crippen LogP contribution in [0.2, 0.25) is 0 Å².